The molecule has 26 heavy (non-hydrogen) atoms. The number of hydrogen-bond acceptors (Lipinski definition) is 3. The monoisotopic (exact) mass is 378 g/mol. The number of aromatic nitrogens is 3. The molecule has 0 spiro atoms. The first-order chi connectivity index (χ1) is 11.4. The zero-order chi connectivity index (χ0) is 18.8. The smallest absolute Gasteiger partial charge is 0.0840 e. The van der Waals surface area contributed by atoms with E-state index < -0.39 is 0 Å². The number of benzene rings is 1. The van der Waals surface area contributed by atoms with Crippen LogP contribution in [0.4, 0.5) is 0 Å². The molecule has 0 unspecified atom stereocenters. The van der Waals surface area contributed by atoms with Crippen molar-refractivity contribution in [2.75, 3.05) is 20.6 Å². The van der Waals surface area contributed by atoms with Gasteiger partial charge in [-0.05, 0) is 41.6 Å². The zero-order valence-corrected chi connectivity index (χ0v) is 18.4. The summed E-state index contributed by atoms with van der Waals surface area (Å²) in [7, 11) is 4.16. The Morgan fingerprint density at radius 2 is 1.46 bits per heavy atom. The van der Waals surface area contributed by atoms with Crippen molar-refractivity contribution < 1.29 is 0 Å². The van der Waals surface area contributed by atoms with Gasteiger partial charge in [-0.2, -0.15) is 0 Å². The largest absolute Gasteiger partial charge is 0.309 e. The van der Waals surface area contributed by atoms with Crippen LogP contribution < -0.4 is 0 Å². The predicted octanol–water partition coefficient (Wildman–Crippen LogP) is 4.45. The van der Waals surface area contributed by atoms with Gasteiger partial charge in [0.2, 0.25) is 0 Å². The van der Waals surface area contributed by atoms with Gasteiger partial charge in [-0.1, -0.05) is 65.0 Å². The van der Waals surface area contributed by atoms with E-state index in [4.69, 9.17) is 0 Å². The van der Waals surface area contributed by atoms with E-state index in [0.29, 0.717) is 0 Å². The third kappa shape index (κ3) is 6.40. The van der Waals surface area contributed by atoms with Crippen molar-refractivity contribution in [1.82, 2.24) is 19.9 Å². The summed E-state index contributed by atoms with van der Waals surface area (Å²) in [6, 6.07) is 6.99. The molecule has 4 nitrogen and oxygen atoms in total. The van der Waals surface area contributed by atoms with Crippen LogP contribution in [0, 0.1) is 0 Å². The van der Waals surface area contributed by atoms with Gasteiger partial charge in [-0.3, -0.25) is 0 Å². The fourth-order valence-electron chi connectivity index (χ4n) is 2.70. The summed E-state index contributed by atoms with van der Waals surface area (Å²) in [5, 5.41) is 8.63. The van der Waals surface area contributed by atoms with Crippen LogP contribution in [-0.2, 0) is 23.8 Å². The van der Waals surface area contributed by atoms with Gasteiger partial charge in [-0.25, -0.2) is 4.68 Å². The molecule has 0 aliphatic carbocycles. The van der Waals surface area contributed by atoms with E-state index in [1.54, 1.807) is 0 Å². The third-order valence-corrected chi connectivity index (χ3v) is 4.47. The normalized spacial score (nSPS) is 12.3. The lowest BCUT2D eigenvalue weighted by Gasteiger charge is -2.26. The van der Waals surface area contributed by atoms with Gasteiger partial charge < -0.3 is 4.90 Å². The van der Waals surface area contributed by atoms with Gasteiger partial charge in [0, 0.05) is 19.2 Å². The van der Waals surface area contributed by atoms with Gasteiger partial charge in [-0.15, -0.1) is 17.5 Å². The summed E-state index contributed by atoms with van der Waals surface area (Å²) in [5.41, 5.74) is 5.37. The number of rotatable bonds is 5. The molecule has 0 bridgehead atoms. The lowest BCUT2D eigenvalue weighted by atomic mass is 9.79. The van der Waals surface area contributed by atoms with Crippen molar-refractivity contribution in [3.05, 3.63) is 46.8 Å². The Kier molecular flexibility index (Phi) is 7.43. The molecule has 0 fully saturated rings. The Morgan fingerprint density at radius 1 is 0.923 bits per heavy atom. The highest BCUT2D eigenvalue weighted by Crippen LogP contribution is 2.30. The highest BCUT2D eigenvalue weighted by atomic mass is 35.5. The van der Waals surface area contributed by atoms with Crippen LogP contribution in [0.3, 0.4) is 0 Å². The molecule has 2 rings (SSSR count). The molecule has 0 N–H and O–H groups in total. The van der Waals surface area contributed by atoms with E-state index in [2.05, 4.69) is 95.2 Å². The van der Waals surface area contributed by atoms with Crippen molar-refractivity contribution in [2.45, 2.75) is 65.3 Å². The fourth-order valence-corrected chi connectivity index (χ4v) is 2.70. The van der Waals surface area contributed by atoms with Crippen molar-refractivity contribution in [3.63, 3.8) is 0 Å². The minimum absolute atomic E-state index is 0. The summed E-state index contributed by atoms with van der Waals surface area (Å²) in [4.78, 5) is 2.17. The maximum atomic E-state index is 4.32. The van der Waals surface area contributed by atoms with E-state index in [-0.39, 0.29) is 23.2 Å². The summed E-state index contributed by atoms with van der Waals surface area (Å²) in [6.07, 6.45) is 3.01. The highest BCUT2D eigenvalue weighted by molar-refractivity contribution is 5.85. The molecule has 146 valence electrons. The molecule has 1 aromatic carbocycles. The van der Waals surface area contributed by atoms with Crippen LogP contribution in [0.25, 0.3) is 0 Å². The van der Waals surface area contributed by atoms with Crippen LogP contribution in [-0.4, -0.2) is 40.5 Å². The van der Waals surface area contributed by atoms with Gasteiger partial charge in [0.25, 0.3) is 0 Å². The topological polar surface area (TPSA) is 34.0 Å². The molecule has 0 saturated heterocycles. The van der Waals surface area contributed by atoms with Crippen molar-refractivity contribution >= 4 is 12.4 Å². The lowest BCUT2D eigenvalue weighted by molar-refractivity contribution is 0.411. The quantitative estimate of drug-likeness (QED) is 0.770. The Bertz CT molecular complexity index is 673. The van der Waals surface area contributed by atoms with Crippen molar-refractivity contribution in [3.8, 4) is 0 Å². The first kappa shape index (κ1) is 22.7. The summed E-state index contributed by atoms with van der Waals surface area (Å²) in [6.45, 7) is 15.4. The van der Waals surface area contributed by atoms with Crippen LogP contribution in [0.5, 0.6) is 0 Å². The number of hydrogen-bond donors (Lipinski definition) is 0. The molecule has 0 amide bonds. The maximum Gasteiger partial charge on any atom is 0.0840 e. The minimum Gasteiger partial charge on any atom is -0.309 e. The summed E-state index contributed by atoms with van der Waals surface area (Å²) >= 11 is 0. The molecule has 0 aliphatic heterocycles. The van der Waals surface area contributed by atoms with Crippen LogP contribution >= 0.6 is 12.4 Å². The number of likely N-dealkylation sites (N-methyl/N-ethyl adjacent to an activating group) is 1. The Labute approximate surface area is 165 Å². The predicted molar refractivity (Wildman–Crippen MR) is 112 cm³/mol. The maximum absolute atomic E-state index is 4.32. The van der Waals surface area contributed by atoms with Gasteiger partial charge >= 0.3 is 0 Å². The first-order valence-electron chi connectivity index (χ1n) is 9.14. The second-order valence-corrected chi connectivity index (χ2v) is 9.38. The van der Waals surface area contributed by atoms with Gasteiger partial charge in [0.1, 0.15) is 0 Å². The fraction of sp³-hybridized carbons (Fsp3) is 0.619. The van der Waals surface area contributed by atoms with Crippen LogP contribution in [0.1, 0.15) is 63.9 Å². The molecule has 1 heterocycles. The average Bonchev–Trinajstić information content (AvgIpc) is 2.90. The van der Waals surface area contributed by atoms with E-state index >= 15 is 0 Å². The molecule has 0 radical (unpaired) electrons. The lowest BCUT2D eigenvalue weighted by Crippen LogP contribution is -2.17. The highest BCUT2D eigenvalue weighted by Gasteiger charge is 2.20. The van der Waals surface area contributed by atoms with Crippen LogP contribution in [0.2, 0.25) is 0 Å². The third-order valence-electron chi connectivity index (χ3n) is 4.47. The molecule has 5 heteroatoms. The molecular weight excluding hydrogens is 344 g/mol. The molecular formula is C21H35ClN4. The Morgan fingerprint density at radius 3 is 1.92 bits per heavy atom. The summed E-state index contributed by atoms with van der Waals surface area (Å²) in [5.74, 6) is 0. The van der Waals surface area contributed by atoms with E-state index in [0.717, 1.165) is 25.2 Å². The van der Waals surface area contributed by atoms with Crippen molar-refractivity contribution in [2.24, 2.45) is 0 Å². The van der Waals surface area contributed by atoms with Gasteiger partial charge in [0.15, 0.2) is 0 Å². The minimum atomic E-state index is 0. The molecule has 0 atom stereocenters. The molecule has 2 aromatic rings. The Hall–Kier alpha value is -1.39. The van der Waals surface area contributed by atoms with Gasteiger partial charge in [0.05, 0.1) is 12.2 Å². The zero-order valence-electron chi connectivity index (χ0n) is 17.6. The van der Waals surface area contributed by atoms with Crippen LogP contribution in [0.15, 0.2) is 24.4 Å². The molecule has 0 saturated carbocycles. The average molecular weight is 379 g/mol. The second-order valence-electron chi connectivity index (χ2n) is 9.38. The van der Waals surface area contributed by atoms with E-state index in [1.165, 1.54) is 16.7 Å². The van der Waals surface area contributed by atoms with E-state index in [1.807, 2.05) is 4.68 Å². The standard InChI is InChI=1S/C21H34N4.ClH/c1-20(2,3)17-11-16(12-18(13-17)21(4,5)6)14-25-15-19(22-23-25)9-10-24(7)8;/h11-13,15H,9-10,14H2,1-8H3;1H. The first-order valence-corrected chi connectivity index (χ1v) is 9.14. The summed E-state index contributed by atoms with van der Waals surface area (Å²) < 4.78 is 1.96. The Balaban J connectivity index is 0.00000338. The second kappa shape index (κ2) is 8.53. The molecule has 1 aromatic heterocycles. The molecule has 0 aliphatic rings. The number of nitrogens with zero attached hydrogens (tertiary/aromatic N) is 4. The number of halogens is 1. The SMILES string of the molecule is CN(C)CCc1cn(Cc2cc(C(C)(C)C)cc(C(C)(C)C)c2)nn1.Cl. The van der Waals surface area contributed by atoms with E-state index in [9.17, 15) is 0 Å². The van der Waals surface area contributed by atoms with Crippen molar-refractivity contribution in [1.29, 1.82) is 0 Å².